The van der Waals surface area contributed by atoms with Gasteiger partial charge in [0.05, 0.1) is 18.8 Å². The Bertz CT molecular complexity index is 407. The fourth-order valence-corrected chi connectivity index (χ4v) is 2.62. The Morgan fingerprint density at radius 3 is 2.67 bits per heavy atom. The summed E-state index contributed by atoms with van der Waals surface area (Å²) in [4.78, 5) is 0. The van der Waals surface area contributed by atoms with Crippen molar-refractivity contribution in [3.63, 3.8) is 0 Å². The number of hydrogen-bond donors (Lipinski definition) is 4. The van der Waals surface area contributed by atoms with Crippen LogP contribution in [-0.2, 0) is 6.42 Å². The van der Waals surface area contributed by atoms with E-state index in [1.165, 1.54) is 0 Å². The molecule has 4 N–H and O–H groups in total. The van der Waals surface area contributed by atoms with Crippen molar-refractivity contribution in [2.45, 2.75) is 37.8 Å². The first-order chi connectivity index (χ1) is 8.65. The lowest BCUT2D eigenvalue weighted by Crippen LogP contribution is -2.52. The second-order valence-electron chi connectivity index (χ2n) is 5.03. The van der Waals surface area contributed by atoms with Gasteiger partial charge >= 0.3 is 0 Å². The van der Waals surface area contributed by atoms with E-state index in [0.717, 1.165) is 24.0 Å². The van der Waals surface area contributed by atoms with Crippen LogP contribution in [0.3, 0.4) is 0 Å². The average molecular weight is 251 g/mol. The van der Waals surface area contributed by atoms with Crippen molar-refractivity contribution < 1.29 is 15.3 Å². The molecule has 0 radical (unpaired) electrons. The summed E-state index contributed by atoms with van der Waals surface area (Å²) in [5.41, 5.74) is 1.42. The standard InChI is InChI=1S/C14H21NO3/c1-2-14(8-16,9-17)15-12-7-6-11-10(12)4-3-5-13(11)18/h3-5,12,15-18H,2,6-9H2,1H3. The van der Waals surface area contributed by atoms with E-state index in [9.17, 15) is 15.3 Å². The van der Waals surface area contributed by atoms with Crippen molar-refractivity contribution in [1.82, 2.24) is 5.32 Å². The van der Waals surface area contributed by atoms with Crippen LogP contribution in [0.1, 0.15) is 36.9 Å². The first-order valence-electron chi connectivity index (χ1n) is 6.46. The summed E-state index contributed by atoms with van der Waals surface area (Å²) in [7, 11) is 0. The summed E-state index contributed by atoms with van der Waals surface area (Å²) in [5, 5.41) is 32.1. The molecule has 1 unspecified atom stereocenters. The van der Waals surface area contributed by atoms with E-state index < -0.39 is 5.54 Å². The molecule has 4 nitrogen and oxygen atoms in total. The molecule has 1 aromatic carbocycles. The lowest BCUT2D eigenvalue weighted by atomic mass is 9.95. The third-order valence-corrected chi connectivity index (χ3v) is 4.01. The lowest BCUT2D eigenvalue weighted by Gasteiger charge is -2.33. The van der Waals surface area contributed by atoms with Crippen LogP contribution in [0.5, 0.6) is 5.75 Å². The maximum atomic E-state index is 9.79. The Hall–Kier alpha value is -1.10. The van der Waals surface area contributed by atoms with E-state index >= 15 is 0 Å². The van der Waals surface area contributed by atoms with E-state index in [2.05, 4.69) is 5.32 Å². The number of rotatable bonds is 5. The van der Waals surface area contributed by atoms with Crippen molar-refractivity contribution in [2.75, 3.05) is 13.2 Å². The molecule has 0 amide bonds. The van der Waals surface area contributed by atoms with Gasteiger partial charge in [-0.2, -0.15) is 0 Å². The smallest absolute Gasteiger partial charge is 0.119 e. The lowest BCUT2D eigenvalue weighted by molar-refractivity contribution is 0.0775. The first kappa shape index (κ1) is 13.3. The minimum absolute atomic E-state index is 0.0892. The van der Waals surface area contributed by atoms with Crippen LogP contribution < -0.4 is 5.32 Å². The van der Waals surface area contributed by atoms with Gasteiger partial charge in [-0.15, -0.1) is 0 Å². The van der Waals surface area contributed by atoms with E-state index in [4.69, 9.17) is 0 Å². The third kappa shape index (κ3) is 2.23. The molecular weight excluding hydrogens is 230 g/mol. The van der Waals surface area contributed by atoms with Crippen molar-refractivity contribution in [3.8, 4) is 5.75 Å². The van der Waals surface area contributed by atoms with Crippen molar-refractivity contribution >= 4 is 0 Å². The second-order valence-corrected chi connectivity index (χ2v) is 5.03. The molecule has 2 rings (SSSR count). The minimum atomic E-state index is -0.641. The second kappa shape index (κ2) is 5.26. The third-order valence-electron chi connectivity index (χ3n) is 4.01. The highest BCUT2D eigenvalue weighted by Crippen LogP contribution is 2.37. The molecule has 100 valence electrons. The number of hydrogen-bond acceptors (Lipinski definition) is 4. The number of benzene rings is 1. The molecule has 0 aliphatic heterocycles. The number of phenols is 1. The molecule has 0 saturated carbocycles. The molecule has 0 saturated heterocycles. The molecule has 1 aliphatic rings. The Morgan fingerprint density at radius 2 is 2.06 bits per heavy atom. The van der Waals surface area contributed by atoms with Crippen molar-refractivity contribution in [3.05, 3.63) is 29.3 Å². The SMILES string of the molecule is CCC(CO)(CO)NC1CCc2c(O)cccc21. The Labute approximate surface area is 107 Å². The zero-order valence-electron chi connectivity index (χ0n) is 10.7. The van der Waals surface area contributed by atoms with Crippen molar-refractivity contribution in [2.24, 2.45) is 0 Å². The minimum Gasteiger partial charge on any atom is -0.508 e. The fraction of sp³-hybridized carbons (Fsp3) is 0.571. The molecule has 1 aliphatic carbocycles. The van der Waals surface area contributed by atoms with E-state index in [1.807, 2.05) is 19.1 Å². The van der Waals surface area contributed by atoms with E-state index in [0.29, 0.717) is 12.2 Å². The first-order valence-corrected chi connectivity index (χ1v) is 6.46. The van der Waals surface area contributed by atoms with Gasteiger partial charge in [0.2, 0.25) is 0 Å². The highest BCUT2D eigenvalue weighted by atomic mass is 16.3. The van der Waals surface area contributed by atoms with Crippen LogP contribution in [0, 0.1) is 0 Å². The van der Waals surface area contributed by atoms with Gasteiger partial charge in [-0.25, -0.2) is 0 Å². The maximum absolute atomic E-state index is 9.79. The summed E-state index contributed by atoms with van der Waals surface area (Å²) < 4.78 is 0. The monoisotopic (exact) mass is 251 g/mol. The topological polar surface area (TPSA) is 72.7 Å². The molecule has 0 spiro atoms. The summed E-state index contributed by atoms with van der Waals surface area (Å²) in [5.74, 6) is 0.340. The van der Waals surface area contributed by atoms with Gasteiger partial charge in [-0.1, -0.05) is 19.1 Å². The molecule has 0 fully saturated rings. The number of aromatic hydroxyl groups is 1. The highest BCUT2D eigenvalue weighted by molar-refractivity contribution is 5.44. The molecular formula is C14H21NO3. The number of fused-ring (bicyclic) bond motifs is 1. The number of aliphatic hydroxyl groups excluding tert-OH is 2. The molecule has 1 atom stereocenters. The van der Waals surface area contributed by atoms with Gasteiger partial charge in [-0.05, 0) is 36.5 Å². The molecule has 0 heterocycles. The quantitative estimate of drug-likeness (QED) is 0.632. The van der Waals surface area contributed by atoms with E-state index in [1.54, 1.807) is 6.07 Å². The van der Waals surface area contributed by atoms with Crippen molar-refractivity contribution in [1.29, 1.82) is 0 Å². The molecule has 18 heavy (non-hydrogen) atoms. The fourth-order valence-electron chi connectivity index (χ4n) is 2.62. The molecule has 1 aromatic rings. The van der Waals surface area contributed by atoms with Crippen LogP contribution >= 0.6 is 0 Å². The molecule has 4 heteroatoms. The van der Waals surface area contributed by atoms with Crippen LogP contribution in [-0.4, -0.2) is 34.1 Å². The normalized spacial score (nSPS) is 18.9. The number of aliphatic hydroxyl groups is 2. The average Bonchev–Trinajstić information content (AvgIpc) is 2.81. The summed E-state index contributed by atoms with van der Waals surface area (Å²) in [6.07, 6.45) is 2.37. The van der Waals surface area contributed by atoms with Gasteiger partial charge in [0.25, 0.3) is 0 Å². The zero-order chi connectivity index (χ0) is 13.2. The van der Waals surface area contributed by atoms with Crippen LogP contribution in [0.25, 0.3) is 0 Å². The van der Waals surface area contributed by atoms with Gasteiger partial charge in [0.1, 0.15) is 5.75 Å². The summed E-state index contributed by atoms with van der Waals surface area (Å²) >= 11 is 0. The van der Waals surface area contributed by atoms with E-state index in [-0.39, 0.29) is 19.3 Å². The summed E-state index contributed by atoms with van der Waals surface area (Å²) in [6, 6.07) is 5.62. The molecule has 0 aromatic heterocycles. The molecule has 0 bridgehead atoms. The number of nitrogens with one attached hydrogen (secondary N) is 1. The van der Waals surface area contributed by atoms with Crippen LogP contribution in [0.2, 0.25) is 0 Å². The maximum Gasteiger partial charge on any atom is 0.119 e. The number of phenolic OH excluding ortho intramolecular Hbond substituents is 1. The van der Waals surface area contributed by atoms with Crippen LogP contribution in [0.4, 0.5) is 0 Å². The largest absolute Gasteiger partial charge is 0.508 e. The Balaban J connectivity index is 2.21. The van der Waals surface area contributed by atoms with Crippen LogP contribution in [0.15, 0.2) is 18.2 Å². The van der Waals surface area contributed by atoms with Gasteiger partial charge in [0.15, 0.2) is 0 Å². The van der Waals surface area contributed by atoms with Gasteiger partial charge in [-0.3, -0.25) is 0 Å². The predicted octanol–water partition coefficient (Wildman–Crippen LogP) is 1.10. The van der Waals surface area contributed by atoms with Gasteiger partial charge in [0, 0.05) is 6.04 Å². The highest BCUT2D eigenvalue weighted by Gasteiger charge is 2.33. The predicted molar refractivity (Wildman–Crippen MR) is 69.5 cm³/mol. The van der Waals surface area contributed by atoms with Gasteiger partial charge < -0.3 is 20.6 Å². The Kier molecular flexibility index (Phi) is 3.90. The Morgan fingerprint density at radius 1 is 1.33 bits per heavy atom. The summed E-state index contributed by atoms with van der Waals surface area (Å²) in [6.45, 7) is 1.76. The zero-order valence-corrected chi connectivity index (χ0v) is 10.7.